The van der Waals surface area contributed by atoms with Crippen molar-refractivity contribution in [3.05, 3.63) is 24.4 Å². The maximum absolute atomic E-state index is 4.68. The standard InChI is InChI=1S/C17H27N3S/c21-15-17(7-3-1-4-8-17)14-19-10-12-20(13-11-19)16-6-2-5-9-18-16/h2,5-6,9,21H,1,3-4,7-8,10-15H2. The van der Waals surface area contributed by atoms with Gasteiger partial charge >= 0.3 is 0 Å². The average Bonchev–Trinajstić information content (AvgIpc) is 2.57. The van der Waals surface area contributed by atoms with E-state index in [9.17, 15) is 0 Å². The third-order valence-corrected chi connectivity index (χ3v) is 5.83. The van der Waals surface area contributed by atoms with Crippen LogP contribution in [0.1, 0.15) is 32.1 Å². The van der Waals surface area contributed by atoms with Gasteiger partial charge in [0.1, 0.15) is 5.82 Å². The summed E-state index contributed by atoms with van der Waals surface area (Å²) in [6, 6.07) is 6.18. The average molecular weight is 305 g/mol. The Morgan fingerprint density at radius 1 is 1.05 bits per heavy atom. The number of thiol groups is 1. The van der Waals surface area contributed by atoms with E-state index in [-0.39, 0.29) is 0 Å². The molecule has 4 heteroatoms. The molecule has 0 atom stereocenters. The van der Waals surface area contributed by atoms with Gasteiger partial charge in [-0.1, -0.05) is 25.3 Å². The summed E-state index contributed by atoms with van der Waals surface area (Å²) >= 11 is 4.68. The summed E-state index contributed by atoms with van der Waals surface area (Å²) in [7, 11) is 0. The second kappa shape index (κ2) is 7.01. The van der Waals surface area contributed by atoms with Gasteiger partial charge in [-0.3, -0.25) is 4.90 Å². The SMILES string of the molecule is SCC1(CN2CCN(c3ccccn3)CC2)CCCCC1. The van der Waals surface area contributed by atoms with Crippen molar-refractivity contribution in [2.45, 2.75) is 32.1 Å². The topological polar surface area (TPSA) is 19.4 Å². The van der Waals surface area contributed by atoms with Crippen molar-refractivity contribution in [3.63, 3.8) is 0 Å². The van der Waals surface area contributed by atoms with Gasteiger partial charge in [-0.2, -0.15) is 12.6 Å². The lowest BCUT2D eigenvalue weighted by molar-refractivity contribution is 0.121. The van der Waals surface area contributed by atoms with Crippen LogP contribution in [0.2, 0.25) is 0 Å². The van der Waals surface area contributed by atoms with E-state index in [1.807, 2.05) is 12.3 Å². The Kier molecular flexibility index (Phi) is 5.07. The number of hydrogen-bond donors (Lipinski definition) is 1. The number of anilines is 1. The predicted octanol–water partition coefficient (Wildman–Crippen LogP) is 3.08. The second-order valence-electron chi connectivity index (χ2n) is 6.67. The van der Waals surface area contributed by atoms with Gasteiger partial charge < -0.3 is 4.90 Å². The van der Waals surface area contributed by atoms with Crippen molar-refractivity contribution in [1.29, 1.82) is 0 Å². The molecule has 116 valence electrons. The molecule has 0 N–H and O–H groups in total. The molecule has 1 aliphatic carbocycles. The lowest BCUT2D eigenvalue weighted by Crippen LogP contribution is -2.51. The summed E-state index contributed by atoms with van der Waals surface area (Å²) in [5.74, 6) is 2.17. The molecule has 1 aromatic rings. The number of nitrogens with zero attached hydrogens (tertiary/aromatic N) is 3. The van der Waals surface area contributed by atoms with E-state index < -0.39 is 0 Å². The molecular formula is C17H27N3S. The Balaban J connectivity index is 1.53. The highest BCUT2D eigenvalue weighted by Crippen LogP contribution is 2.38. The Labute approximate surface area is 134 Å². The fourth-order valence-electron chi connectivity index (χ4n) is 3.82. The van der Waals surface area contributed by atoms with E-state index in [4.69, 9.17) is 0 Å². The molecule has 21 heavy (non-hydrogen) atoms. The minimum atomic E-state index is 0.481. The molecule has 3 nitrogen and oxygen atoms in total. The van der Waals surface area contributed by atoms with Crippen LogP contribution in [0.25, 0.3) is 0 Å². The van der Waals surface area contributed by atoms with Gasteiger partial charge in [-0.15, -0.1) is 0 Å². The molecule has 2 fully saturated rings. The summed E-state index contributed by atoms with van der Waals surface area (Å²) in [6.07, 6.45) is 8.85. The van der Waals surface area contributed by atoms with Crippen molar-refractivity contribution in [1.82, 2.24) is 9.88 Å². The molecule has 2 heterocycles. The van der Waals surface area contributed by atoms with Gasteiger partial charge in [-0.05, 0) is 36.1 Å². The number of pyridine rings is 1. The van der Waals surface area contributed by atoms with Crippen molar-refractivity contribution in [2.24, 2.45) is 5.41 Å². The molecule has 1 saturated carbocycles. The van der Waals surface area contributed by atoms with Crippen LogP contribution in [-0.4, -0.2) is 48.4 Å². The molecule has 0 bridgehead atoms. The molecule has 0 aromatic carbocycles. The zero-order valence-electron chi connectivity index (χ0n) is 12.9. The largest absolute Gasteiger partial charge is 0.354 e. The zero-order chi connectivity index (χ0) is 14.5. The highest BCUT2D eigenvalue weighted by Gasteiger charge is 2.33. The van der Waals surface area contributed by atoms with E-state index in [1.165, 1.54) is 38.6 Å². The van der Waals surface area contributed by atoms with Crippen LogP contribution in [0.15, 0.2) is 24.4 Å². The highest BCUT2D eigenvalue weighted by atomic mass is 32.1. The van der Waals surface area contributed by atoms with Crippen molar-refractivity contribution < 1.29 is 0 Å². The molecule has 0 radical (unpaired) electrons. The van der Waals surface area contributed by atoms with E-state index in [1.54, 1.807) is 0 Å². The fraction of sp³-hybridized carbons (Fsp3) is 0.706. The number of aromatic nitrogens is 1. The van der Waals surface area contributed by atoms with Gasteiger partial charge in [0.25, 0.3) is 0 Å². The summed E-state index contributed by atoms with van der Waals surface area (Å²) in [6.45, 7) is 5.75. The Hall–Kier alpha value is -0.740. The first-order valence-electron chi connectivity index (χ1n) is 8.31. The van der Waals surface area contributed by atoms with Gasteiger partial charge in [0.2, 0.25) is 0 Å². The number of piperazine rings is 1. The van der Waals surface area contributed by atoms with Crippen LogP contribution in [0.5, 0.6) is 0 Å². The second-order valence-corrected chi connectivity index (χ2v) is 6.99. The van der Waals surface area contributed by atoms with Gasteiger partial charge in [-0.25, -0.2) is 4.98 Å². The van der Waals surface area contributed by atoms with Crippen molar-refractivity contribution >= 4 is 18.4 Å². The third-order valence-electron chi connectivity index (χ3n) is 5.15. The zero-order valence-corrected chi connectivity index (χ0v) is 13.8. The quantitative estimate of drug-likeness (QED) is 0.863. The van der Waals surface area contributed by atoms with Crippen LogP contribution in [0.3, 0.4) is 0 Å². The molecule has 1 saturated heterocycles. The minimum Gasteiger partial charge on any atom is -0.354 e. The van der Waals surface area contributed by atoms with Gasteiger partial charge in [0.05, 0.1) is 0 Å². The summed E-state index contributed by atoms with van der Waals surface area (Å²) in [4.78, 5) is 9.53. The van der Waals surface area contributed by atoms with Crippen molar-refractivity contribution in [2.75, 3.05) is 43.4 Å². The first kappa shape index (κ1) is 15.2. The molecule has 3 rings (SSSR count). The van der Waals surface area contributed by atoms with Crippen LogP contribution >= 0.6 is 12.6 Å². The normalized spacial score (nSPS) is 23.2. The summed E-state index contributed by atoms with van der Waals surface area (Å²) in [5, 5.41) is 0. The van der Waals surface area contributed by atoms with Gasteiger partial charge in [0.15, 0.2) is 0 Å². The monoisotopic (exact) mass is 305 g/mol. The number of rotatable bonds is 4. The molecule has 1 aromatic heterocycles. The van der Waals surface area contributed by atoms with Crippen LogP contribution in [-0.2, 0) is 0 Å². The van der Waals surface area contributed by atoms with Crippen LogP contribution < -0.4 is 4.90 Å². The highest BCUT2D eigenvalue weighted by molar-refractivity contribution is 7.80. The summed E-state index contributed by atoms with van der Waals surface area (Å²) in [5.41, 5.74) is 0.481. The van der Waals surface area contributed by atoms with Crippen molar-refractivity contribution in [3.8, 4) is 0 Å². The van der Waals surface area contributed by atoms with Gasteiger partial charge in [0, 0.05) is 38.9 Å². The fourth-order valence-corrected chi connectivity index (χ4v) is 4.23. The molecule has 0 unspecified atom stereocenters. The predicted molar refractivity (Wildman–Crippen MR) is 92.3 cm³/mol. The molecule has 1 aliphatic heterocycles. The third kappa shape index (κ3) is 3.72. The molecule has 0 spiro atoms. The first-order chi connectivity index (χ1) is 10.3. The van der Waals surface area contributed by atoms with E-state index in [0.717, 1.165) is 37.7 Å². The maximum Gasteiger partial charge on any atom is 0.128 e. The summed E-state index contributed by atoms with van der Waals surface area (Å²) < 4.78 is 0. The molecule has 2 aliphatic rings. The van der Waals surface area contributed by atoms with E-state index >= 15 is 0 Å². The number of hydrogen-bond acceptors (Lipinski definition) is 4. The lowest BCUT2D eigenvalue weighted by atomic mass is 9.75. The van der Waals surface area contributed by atoms with E-state index in [0.29, 0.717) is 5.41 Å². The Morgan fingerprint density at radius 3 is 2.43 bits per heavy atom. The maximum atomic E-state index is 4.68. The smallest absolute Gasteiger partial charge is 0.128 e. The minimum absolute atomic E-state index is 0.481. The Bertz CT molecular complexity index is 423. The van der Waals surface area contributed by atoms with Crippen LogP contribution in [0, 0.1) is 5.41 Å². The molecule has 0 amide bonds. The van der Waals surface area contributed by atoms with E-state index in [2.05, 4.69) is 39.5 Å². The molecular weight excluding hydrogens is 278 g/mol. The lowest BCUT2D eigenvalue weighted by Gasteiger charge is -2.43. The Morgan fingerprint density at radius 2 is 1.81 bits per heavy atom. The first-order valence-corrected chi connectivity index (χ1v) is 8.94. The van der Waals surface area contributed by atoms with Crippen LogP contribution in [0.4, 0.5) is 5.82 Å².